The number of nitrogens with one attached hydrogen (secondary N) is 1. The number of aliphatic hydroxyl groups is 2. The zero-order valence-corrected chi connectivity index (χ0v) is 22.4. The summed E-state index contributed by atoms with van der Waals surface area (Å²) in [6.45, 7) is -0.173. The highest BCUT2D eigenvalue weighted by atomic mass is 32.5. The number of benzene rings is 1. The van der Waals surface area contributed by atoms with Gasteiger partial charge in [0.2, 0.25) is 0 Å². The summed E-state index contributed by atoms with van der Waals surface area (Å²) in [6, 6.07) is 8.17. The average molecular weight is 579 g/mol. The zero-order chi connectivity index (χ0) is 28.3. The van der Waals surface area contributed by atoms with Crippen LogP contribution >= 0.6 is 6.64 Å². The lowest BCUT2D eigenvalue weighted by Crippen LogP contribution is -2.53. The summed E-state index contributed by atoms with van der Waals surface area (Å²) < 4.78 is 51.6. The number of aromatic nitrogens is 2. The van der Waals surface area contributed by atoms with E-state index in [-0.39, 0.29) is 11.6 Å². The van der Waals surface area contributed by atoms with Crippen LogP contribution in [0.1, 0.15) is 27.0 Å². The van der Waals surface area contributed by atoms with Crippen molar-refractivity contribution in [1.29, 1.82) is 0 Å². The molecule has 1 aromatic heterocycles. The Labute approximate surface area is 221 Å². The minimum atomic E-state index is -3.80. The Balaban J connectivity index is 1.90. The largest absolute Gasteiger partial charge is 0.462 e. The number of hydrogen-bond acceptors (Lipinski definition) is 11. The maximum Gasteiger partial charge on any atom is 0.351 e. The molecule has 5 N–H and O–H groups in total. The lowest BCUT2D eigenvalue weighted by molar-refractivity contribution is -0.192. The SMILES string of the molecule is CC(C)OC(=O)[C@H](C)NP(=S)(OC[C@@]1(C(F)F)O[C@@H](n2ccc(N)nc2=O)[C@H](O)[C@@H]1O)Oc1ccccc1. The van der Waals surface area contributed by atoms with Gasteiger partial charge in [0, 0.05) is 6.20 Å². The molecule has 1 fully saturated rings. The summed E-state index contributed by atoms with van der Waals surface area (Å²) in [7, 11) is 0. The van der Waals surface area contributed by atoms with Crippen molar-refractivity contribution in [2.45, 2.75) is 63.4 Å². The van der Waals surface area contributed by atoms with E-state index in [4.69, 9.17) is 36.1 Å². The summed E-state index contributed by atoms with van der Waals surface area (Å²) in [4.78, 5) is 28.1. The third kappa shape index (κ3) is 6.72. The molecule has 1 aliphatic heterocycles. The molecule has 2 heterocycles. The molecule has 6 atom stereocenters. The van der Waals surface area contributed by atoms with Gasteiger partial charge in [-0.05, 0) is 50.8 Å². The first kappa shape index (κ1) is 30.0. The van der Waals surface area contributed by atoms with Gasteiger partial charge in [-0.25, -0.2) is 18.7 Å². The minimum absolute atomic E-state index is 0.141. The summed E-state index contributed by atoms with van der Waals surface area (Å²) in [5.41, 5.74) is 1.63. The molecular formula is C22H29F2N4O8PS. The molecular weight excluding hydrogens is 549 g/mol. The Kier molecular flexibility index (Phi) is 9.57. The first-order chi connectivity index (χ1) is 17.8. The summed E-state index contributed by atoms with van der Waals surface area (Å²) in [6.07, 6.45) is -8.71. The van der Waals surface area contributed by atoms with Gasteiger partial charge in [0.05, 0.1) is 12.7 Å². The maximum atomic E-state index is 14.5. The van der Waals surface area contributed by atoms with Gasteiger partial charge in [-0.2, -0.15) is 4.98 Å². The van der Waals surface area contributed by atoms with Crippen LogP contribution in [0.15, 0.2) is 47.4 Å². The van der Waals surface area contributed by atoms with Gasteiger partial charge in [0.25, 0.3) is 6.43 Å². The fourth-order valence-electron chi connectivity index (χ4n) is 3.53. The fourth-order valence-corrected chi connectivity index (χ4v) is 5.95. The number of carbonyl (C=O) groups excluding carboxylic acids is 1. The van der Waals surface area contributed by atoms with Gasteiger partial charge in [-0.15, -0.1) is 0 Å². The van der Waals surface area contributed by atoms with Gasteiger partial charge in [-0.1, -0.05) is 18.2 Å². The van der Waals surface area contributed by atoms with Crippen LogP contribution in [0.3, 0.4) is 0 Å². The number of alkyl halides is 2. The quantitative estimate of drug-likeness (QED) is 0.223. The Bertz CT molecular complexity index is 1220. The molecule has 1 saturated heterocycles. The van der Waals surface area contributed by atoms with E-state index >= 15 is 0 Å². The first-order valence-electron chi connectivity index (χ1n) is 11.4. The van der Waals surface area contributed by atoms with Crippen molar-refractivity contribution in [3.63, 3.8) is 0 Å². The number of hydrogen-bond donors (Lipinski definition) is 4. The van der Waals surface area contributed by atoms with Crippen molar-refractivity contribution < 1.29 is 42.3 Å². The Hall–Kier alpha value is -2.52. The lowest BCUT2D eigenvalue weighted by Gasteiger charge is -2.34. The molecule has 210 valence electrons. The van der Waals surface area contributed by atoms with Gasteiger partial charge in [-0.3, -0.25) is 9.36 Å². The second-order valence-corrected chi connectivity index (χ2v) is 11.9. The van der Waals surface area contributed by atoms with E-state index in [1.165, 1.54) is 25.1 Å². The number of carbonyl (C=O) groups is 1. The van der Waals surface area contributed by atoms with E-state index in [1.807, 2.05) is 0 Å². The van der Waals surface area contributed by atoms with E-state index in [2.05, 4.69) is 10.1 Å². The number of nitrogens with two attached hydrogens (primary N) is 1. The molecule has 0 spiro atoms. The van der Waals surface area contributed by atoms with Gasteiger partial charge in [0.1, 0.15) is 29.8 Å². The molecule has 1 aromatic carbocycles. The number of nitrogens with zero attached hydrogens (tertiary/aromatic N) is 2. The molecule has 1 aliphatic rings. The van der Waals surface area contributed by atoms with Crippen LogP contribution in [0.4, 0.5) is 14.6 Å². The van der Waals surface area contributed by atoms with Crippen LogP contribution in [-0.2, 0) is 30.6 Å². The molecule has 12 nitrogen and oxygen atoms in total. The highest BCUT2D eigenvalue weighted by Gasteiger charge is 2.61. The predicted octanol–water partition coefficient (Wildman–Crippen LogP) is 1.33. The smallest absolute Gasteiger partial charge is 0.351 e. The number of ether oxygens (including phenoxy) is 2. The molecule has 0 radical (unpaired) electrons. The van der Waals surface area contributed by atoms with Crippen LogP contribution < -0.4 is 21.0 Å². The van der Waals surface area contributed by atoms with Crippen LogP contribution in [0, 0.1) is 0 Å². The molecule has 1 unspecified atom stereocenters. The monoisotopic (exact) mass is 578 g/mol. The lowest BCUT2D eigenvalue weighted by atomic mass is 9.96. The zero-order valence-electron chi connectivity index (χ0n) is 20.6. The highest BCUT2D eigenvalue weighted by molar-refractivity contribution is 8.09. The molecule has 2 aromatic rings. The van der Waals surface area contributed by atoms with Crippen molar-refractivity contribution in [2.75, 3.05) is 12.3 Å². The van der Waals surface area contributed by atoms with Crippen LogP contribution in [0.5, 0.6) is 5.75 Å². The molecule has 0 saturated carbocycles. The van der Waals surface area contributed by atoms with Crippen molar-refractivity contribution in [1.82, 2.24) is 14.6 Å². The minimum Gasteiger partial charge on any atom is -0.462 e. The fraction of sp³-hybridized carbons (Fsp3) is 0.500. The maximum absolute atomic E-state index is 14.5. The molecule has 16 heteroatoms. The number of para-hydroxylation sites is 1. The van der Waals surface area contributed by atoms with E-state index in [1.54, 1.807) is 32.0 Å². The number of nitrogen functional groups attached to an aromatic ring is 1. The molecule has 0 aliphatic carbocycles. The Morgan fingerprint density at radius 2 is 1.95 bits per heavy atom. The van der Waals surface area contributed by atoms with E-state index < -0.39 is 67.5 Å². The van der Waals surface area contributed by atoms with Crippen molar-refractivity contribution in [2.24, 2.45) is 0 Å². The normalized spacial score (nSPS) is 25.8. The highest BCUT2D eigenvalue weighted by Crippen LogP contribution is 2.49. The average Bonchev–Trinajstić information content (AvgIpc) is 3.09. The predicted molar refractivity (Wildman–Crippen MR) is 135 cm³/mol. The third-order valence-corrected chi connectivity index (χ3v) is 7.92. The first-order valence-corrected chi connectivity index (χ1v) is 14.1. The topological polar surface area (TPSA) is 167 Å². The molecule has 3 rings (SSSR count). The van der Waals surface area contributed by atoms with E-state index in [0.29, 0.717) is 4.57 Å². The summed E-state index contributed by atoms with van der Waals surface area (Å²) in [5, 5.41) is 23.9. The standard InChI is InChI=1S/C22H29F2N4O8PS/c1-12(2)34-19(31)13(3)27-37(38,36-14-7-5-4-6-8-14)33-11-22(20(23)24)17(30)16(29)18(35-22)28-10-9-15(25)26-21(28)32/h4-10,12-13,16-18,20,29-30H,11H2,1-3H3,(H,27,38)(H2,25,26,32)/t13-,16+,17-,18+,22+,37?/m0/s1. The second kappa shape index (κ2) is 12.1. The second-order valence-electron chi connectivity index (χ2n) is 8.75. The Morgan fingerprint density at radius 1 is 1.29 bits per heavy atom. The number of anilines is 1. The van der Waals surface area contributed by atoms with E-state index in [0.717, 1.165) is 6.20 Å². The van der Waals surface area contributed by atoms with Gasteiger partial charge >= 0.3 is 18.3 Å². The van der Waals surface area contributed by atoms with Crippen molar-refractivity contribution in [3.05, 3.63) is 53.1 Å². The van der Waals surface area contributed by atoms with Gasteiger partial charge < -0.3 is 34.5 Å². The van der Waals surface area contributed by atoms with Crippen molar-refractivity contribution in [3.8, 4) is 5.75 Å². The molecule has 38 heavy (non-hydrogen) atoms. The van der Waals surface area contributed by atoms with Crippen molar-refractivity contribution >= 4 is 30.2 Å². The number of aliphatic hydroxyl groups excluding tert-OH is 2. The molecule has 0 amide bonds. The summed E-state index contributed by atoms with van der Waals surface area (Å²) >= 11 is 5.51. The van der Waals surface area contributed by atoms with Crippen LogP contribution in [-0.4, -0.2) is 68.7 Å². The number of esters is 1. The number of halogens is 2. The van der Waals surface area contributed by atoms with Crippen LogP contribution in [0.2, 0.25) is 0 Å². The van der Waals surface area contributed by atoms with Crippen LogP contribution in [0.25, 0.3) is 0 Å². The van der Waals surface area contributed by atoms with E-state index in [9.17, 15) is 28.6 Å². The molecule has 0 bridgehead atoms. The Morgan fingerprint density at radius 3 is 2.53 bits per heavy atom. The van der Waals surface area contributed by atoms with Gasteiger partial charge in [0.15, 0.2) is 11.8 Å². The third-order valence-electron chi connectivity index (χ3n) is 5.44. The summed E-state index contributed by atoms with van der Waals surface area (Å²) in [5.74, 6) is -0.622. The number of rotatable bonds is 11.